The maximum atomic E-state index is 4.50. The fraction of sp³-hybridized carbons (Fsp3) is 0.636. The van der Waals surface area contributed by atoms with E-state index in [9.17, 15) is 0 Å². The van der Waals surface area contributed by atoms with Gasteiger partial charge in [-0.05, 0) is 26.2 Å². The third-order valence-electron chi connectivity index (χ3n) is 2.50. The Morgan fingerprint density at radius 3 is 2.54 bits per heavy atom. The molecular weight excluding hydrogens is 160 g/mol. The largest absolute Gasteiger partial charge is 0.258 e. The number of hydrogen-bond acceptors (Lipinski definition) is 2. The van der Waals surface area contributed by atoms with Gasteiger partial charge in [0.1, 0.15) is 0 Å². The van der Waals surface area contributed by atoms with E-state index in [4.69, 9.17) is 0 Å². The molecule has 1 unspecified atom stereocenters. The van der Waals surface area contributed by atoms with Crippen LogP contribution in [0.2, 0.25) is 0 Å². The first-order valence-electron chi connectivity index (χ1n) is 4.92. The Hall–Kier alpha value is -0.920. The lowest BCUT2D eigenvalue weighted by Crippen LogP contribution is -2.03. The van der Waals surface area contributed by atoms with Gasteiger partial charge in [0.25, 0.3) is 0 Å². The van der Waals surface area contributed by atoms with E-state index < -0.39 is 0 Å². The molecule has 72 valence electrons. The van der Waals surface area contributed by atoms with Gasteiger partial charge < -0.3 is 0 Å². The Labute approximate surface area is 80.4 Å². The highest BCUT2D eigenvalue weighted by molar-refractivity contribution is 5.10. The summed E-state index contributed by atoms with van der Waals surface area (Å²) in [5.74, 6) is 0.705. The second-order valence-electron chi connectivity index (χ2n) is 3.75. The molecule has 0 bridgehead atoms. The molecule has 0 radical (unpaired) electrons. The molecule has 1 atom stereocenters. The molecule has 0 N–H and O–H groups in total. The molecule has 0 aliphatic heterocycles. The zero-order chi connectivity index (χ0) is 9.84. The van der Waals surface area contributed by atoms with Crippen LogP contribution in [-0.2, 0) is 6.42 Å². The number of rotatable bonds is 3. The van der Waals surface area contributed by atoms with Crippen molar-refractivity contribution in [2.24, 2.45) is 5.92 Å². The van der Waals surface area contributed by atoms with E-state index in [-0.39, 0.29) is 0 Å². The average molecular weight is 178 g/mol. The summed E-state index contributed by atoms with van der Waals surface area (Å²) in [6.07, 6.45) is 4.15. The van der Waals surface area contributed by atoms with Gasteiger partial charge in [0.15, 0.2) is 0 Å². The minimum Gasteiger partial charge on any atom is -0.258 e. The van der Waals surface area contributed by atoms with Crippen molar-refractivity contribution in [3.05, 3.63) is 23.3 Å². The van der Waals surface area contributed by atoms with E-state index in [0.29, 0.717) is 5.92 Å². The number of nitrogens with zero attached hydrogens (tertiary/aromatic N) is 2. The second-order valence-corrected chi connectivity index (χ2v) is 3.75. The summed E-state index contributed by atoms with van der Waals surface area (Å²) in [6, 6.07) is 0. The van der Waals surface area contributed by atoms with Gasteiger partial charge in [0.05, 0.1) is 17.1 Å². The maximum absolute atomic E-state index is 4.50. The van der Waals surface area contributed by atoms with E-state index in [1.54, 1.807) is 0 Å². The SMILES string of the molecule is CCC(C)Cc1cnc(C)c(C)n1. The van der Waals surface area contributed by atoms with Gasteiger partial charge in [-0.15, -0.1) is 0 Å². The smallest absolute Gasteiger partial charge is 0.0592 e. The van der Waals surface area contributed by atoms with Crippen molar-refractivity contribution in [3.63, 3.8) is 0 Å². The topological polar surface area (TPSA) is 25.8 Å². The van der Waals surface area contributed by atoms with Crippen LogP contribution in [0.5, 0.6) is 0 Å². The van der Waals surface area contributed by atoms with Crippen LogP contribution in [0.4, 0.5) is 0 Å². The molecule has 1 heterocycles. The fourth-order valence-corrected chi connectivity index (χ4v) is 1.19. The van der Waals surface area contributed by atoms with Crippen molar-refractivity contribution in [1.29, 1.82) is 0 Å². The van der Waals surface area contributed by atoms with Gasteiger partial charge in [-0.3, -0.25) is 9.97 Å². The van der Waals surface area contributed by atoms with Crippen LogP contribution in [0.25, 0.3) is 0 Å². The molecule has 2 nitrogen and oxygen atoms in total. The molecule has 0 aromatic carbocycles. The molecule has 1 rings (SSSR count). The molecule has 0 fully saturated rings. The second kappa shape index (κ2) is 4.35. The molecule has 1 aromatic heterocycles. The lowest BCUT2D eigenvalue weighted by atomic mass is 10.0. The van der Waals surface area contributed by atoms with Crippen molar-refractivity contribution in [1.82, 2.24) is 9.97 Å². The maximum Gasteiger partial charge on any atom is 0.0592 e. The van der Waals surface area contributed by atoms with Crippen LogP contribution in [0.3, 0.4) is 0 Å². The van der Waals surface area contributed by atoms with E-state index in [1.165, 1.54) is 6.42 Å². The van der Waals surface area contributed by atoms with Crippen molar-refractivity contribution in [2.75, 3.05) is 0 Å². The van der Waals surface area contributed by atoms with Crippen LogP contribution < -0.4 is 0 Å². The van der Waals surface area contributed by atoms with Gasteiger partial charge in [-0.2, -0.15) is 0 Å². The zero-order valence-corrected chi connectivity index (χ0v) is 8.96. The summed E-state index contributed by atoms with van der Waals surface area (Å²) in [6.45, 7) is 8.47. The molecular formula is C11H18N2. The van der Waals surface area contributed by atoms with E-state index in [2.05, 4.69) is 23.8 Å². The van der Waals surface area contributed by atoms with Crippen LogP contribution in [0.15, 0.2) is 6.20 Å². The average Bonchev–Trinajstić information content (AvgIpc) is 2.11. The van der Waals surface area contributed by atoms with Crippen LogP contribution in [-0.4, -0.2) is 9.97 Å². The number of hydrogen-bond donors (Lipinski definition) is 0. The first-order valence-corrected chi connectivity index (χ1v) is 4.92. The highest BCUT2D eigenvalue weighted by Crippen LogP contribution is 2.09. The zero-order valence-electron chi connectivity index (χ0n) is 8.96. The van der Waals surface area contributed by atoms with Crippen molar-refractivity contribution in [3.8, 4) is 0 Å². The summed E-state index contributed by atoms with van der Waals surface area (Å²) in [4.78, 5) is 8.80. The lowest BCUT2D eigenvalue weighted by Gasteiger charge is -2.08. The summed E-state index contributed by atoms with van der Waals surface area (Å²) in [5, 5.41) is 0. The fourth-order valence-electron chi connectivity index (χ4n) is 1.19. The van der Waals surface area contributed by atoms with Crippen LogP contribution in [0, 0.1) is 19.8 Å². The van der Waals surface area contributed by atoms with E-state index in [0.717, 1.165) is 23.5 Å². The van der Waals surface area contributed by atoms with Gasteiger partial charge in [0, 0.05) is 6.20 Å². The quantitative estimate of drug-likeness (QED) is 0.711. The summed E-state index contributed by atoms with van der Waals surface area (Å²) in [5.41, 5.74) is 3.21. The minimum absolute atomic E-state index is 0.705. The molecule has 1 aromatic rings. The van der Waals surface area contributed by atoms with Crippen molar-refractivity contribution in [2.45, 2.75) is 40.5 Å². The normalized spacial score (nSPS) is 12.9. The molecule has 0 saturated carbocycles. The van der Waals surface area contributed by atoms with Gasteiger partial charge in [-0.25, -0.2) is 0 Å². The molecule has 0 saturated heterocycles. The highest BCUT2D eigenvalue weighted by Gasteiger charge is 2.03. The molecule has 0 aliphatic rings. The van der Waals surface area contributed by atoms with Gasteiger partial charge >= 0.3 is 0 Å². The monoisotopic (exact) mass is 178 g/mol. The molecule has 13 heavy (non-hydrogen) atoms. The Kier molecular flexibility index (Phi) is 3.40. The molecule has 0 aliphatic carbocycles. The Morgan fingerprint density at radius 2 is 2.00 bits per heavy atom. The first kappa shape index (κ1) is 10.2. The summed E-state index contributed by atoms with van der Waals surface area (Å²) < 4.78 is 0. The van der Waals surface area contributed by atoms with Crippen LogP contribution in [0.1, 0.15) is 37.4 Å². The van der Waals surface area contributed by atoms with Crippen LogP contribution >= 0.6 is 0 Å². The highest BCUT2D eigenvalue weighted by atomic mass is 14.8. The number of aromatic nitrogens is 2. The summed E-state index contributed by atoms with van der Waals surface area (Å²) in [7, 11) is 0. The van der Waals surface area contributed by atoms with Gasteiger partial charge in [-0.1, -0.05) is 20.3 Å². The third-order valence-corrected chi connectivity index (χ3v) is 2.50. The molecule has 2 heteroatoms. The Morgan fingerprint density at radius 1 is 1.31 bits per heavy atom. The molecule has 0 spiro atoms. The third kappa shape index (κ3) is 2.79. The van der Waals surface area contributed by atoms with Gasteiger partial charge in [0.2, 0.25) is 0 Å². The standard InChI is InChI=1S/C11H18N2/c1-5-8(2)6-11-7-12-9(3)10(4)13-11/h7-8H,5-6H2,1-4H3. The Bertz CT molecular complexity index is 281. The minimum atomic E-state index is 0.705. The van der Waals surface area contributed by atoms with E-state index in [1.807, 2.05) is 20.0 Å². The Balaban J connectivity index is 2.73. The van der Waals surface area contributed by atoms with Crippen molar-refractivity contribution < 1.29 is 0 Å². The van der Waals surface area contributed by atoms with Crippen molar-refractivity contribution >= 4 is 0 Å². The predicted octanol–water partition coefficient (Wildman–Crippen LogP) is 2.68. The summed E-state index contributed by atoms with van der Waals surface area (Å²) >= 11 is 0. The first-order chi connectivity index (χ1) is 6.13. The number of aryl methyl sites for hydroxylation is 2. The predicted molar refractivity (Wildman–Crippen MR) is 54.7 cm³/mol. The lowest BCUT2D eigenvalue weighted by molar-refractivity contribution is 0.550. The molecule has 0 amide bonds. The van der Waals surface area contributed by atoms with E-state index >= 15 is 0 Å².